The van der Waals surface area contributed by atoms with E-state index >= 15 is 0 Å². The summed E-state index contributed by atoms with van der Waals surface area (Å²) in [5, 5.41) is 0.638. The first-order chi connectivity index (χ1) is 14.4. The van der Waals surface area contributed by atoms with Gasteiger partial charge in [-0.25, -0.2) is 4.98 Å². The van der Waals surface area contributed by atoms with Gasteiger partial charge in [-0.15, -0.1) is 0 Å². The first-order valence-electron chi connectivity index (χ1n) is 9.62. The number of carbonyl (C=O) groups is 2. The van der Waals surface area contributed by atoms with Crippen molar-refractivity contribution in [2.75, 3.05) is 4.90 Å². The third kappa shape index (κ3) is 4.00. The molecule has 0 radical (unpaired) electrons. The Kier molecular flexibility index (Phi) is 5.42. The number of thiazole rings is 1. The van der Waals surface area contributed by atoms with Crippen LogP contribution in [0.2, 0.25) is 0 Å². The lowest BCUT2D eigenvalue weighted by Gasteiger charge is -2.20. The molecule has 0 atom stereocenters. The Hall–Kier alpha value is -3.38. The van der Waals surface area contributed by atoms with Crippen LogP contribution in [-0.2, 0) is 6.54 Å². The summed E-state index contributed by atoms with van der Waals surface area (Å²) in [4.78, 5) is 35.6. The number of hydrogen-bond donors (Lipinski definition) is 0. The van der Waals surface area contributed by atoms with Gasteiger partial charge >= 0.3 is 0 Å². The number of amides is 1. The van der Waals surface area contributed by atoms with E-state index in [9.17, 15) is 9.59 Å². The molecule has 0 fully saturated rings. The Morgan fingerprint density at radius 3 is 2.37 bits per heavy atom. The second-order valence-electron chi connectivity index (χ2n) is 7.29. The molecule has 4 rings (SSSR count). The van der Waals surface area contributed by atoms with Crippen LogP contribution in [0.3, 0.4) is 0 Å². The minimum Gasteiger partial charge on any atom is -0.295 e. The van der Waals surface area contributed by atoms with Gasteiger partial charge in [-0.2, -0.15) is 0 Å². The van der Waals surface area contributed by atoms with E-state index in [1.807, 2.05) is 12.1 Å². The highest BCUT2D eigenvalue weighted by Gasteiger charge is 2.22. The second-order valence-corrected chi connectivity index (χ2v) is 8.30. The fourth-order valence-electron chi connectivity index (χ4n) is 3.19. The van der Waals surface area contributed by atoms with Gasteiger partial charge in [0.1, 0.15) is 0 Å². The average molecular weight is 416 g/mol. The molecule has 6 heteroatoms. The minimum absolute atomic E-state index is 0.0295. The monoisotopic (exact) mass is 415 g/mol. The van der Waals surface area contributed by atoms with Gasteiger partial charge < -0.3 is 0 Å². The van der Waals surface area contributed by atoms with E-state index in [0.717, 1.165) is 15.8 Å². The molecule has 0 saturated carbocycles. The summed E-state index contributed by atoms with van der Waals surface area (Å²) in [6.45, 7) is 6.00. The summed E-state index contributed by atoms with van der Waals surface area (Å²) in [6, 6.07) is 14.7. The zero-order valence-electron chi connectivity index (χ0n) is 17.0. The number of rotatable bonds is 5. The number of pyridine rings is 1. The number of aryl methyl sites for hydroxylation is 2. The van der Waals surface area contributed by atoms with Gasteiger partial charge in [0.2, 0.25) is 0 Å². The number of carbonyl (C=O) groups excluding carboxylic acids is 2. The van der Waals surface area contributed by atoms with Crippen molar-refractivity contribution in [3.05, 3.63) is 88.7 Å². The molecule has 0 aliphatic carbocycles. The lowest BCUT2D eigenvalue weighted by molar-refractivity contribution is 0.0981. The Labute approximate surface area is 179 Å². The molecule has 1 amide bonds. The van der Waals surface area contributed by atoms with Crippen LogP contribution in [0.5, 0.6) is 0 Å². The van der Waals surface area contributed by atoms with Gasteiger partial charge in [-0.05, 0) is 67.8 Å². The summed E-state index contributed by atoms with van der Waals surface area (Å²) in [5.41, 5.74) is 5.26. The Balaban J connectivity index is 1.76. The van der Waals surface area contributed by atoms with Crippen molar-refractivity contribution in [3.8, 4) is 0 Å². The van der Waals surface area contributed by atoms with Crippen molar-refractivity contribution in [3.63, 3.8) is 0 Å². The predicted octanol–water partition coefficient (Wildman–Crippen LogP) is 5.36. The Morgan fingerprint density at radius 2 is 1.70 bits per heavy atom. The lowest BCUT2D eigenvalue weighted by Crippen LogP contribution is -2.30. The first kappa shape index (κ1) is 19.9. The molecule has 0 bridgehead atoms. The molecular formula is C24H21N3O2S. The van der Waals surface area contributed by atoms with E-state index in [4.69, 9.17) is 4.98 Å². The maximum atomic E-state index is 13.4. The number of nitrogens with zero attached hydrogens (tertiary/aromatic N) is 3. The predicted molar refractivity (Wildman–Crippen MR) is 120 cm³/mol. The maximum absolute atomic E-state index is 13.4. The van der Waals surface area contributed by atoms with Gasteiger partial charge in [0, 0.05) is 23.5 Å². The van der Waals surface area contributed by atoms with Crippen LogP contribution in [-0.4, -0.2) is 21.7 Å². The van der Waals surface area contributed by atoms with Crippen LogP contribution in [0.1, 0.15) is 44.3 Å². The van der Waals surface area contributed by atoms with Crippen molar-refractivity contribution in [1.29, 1.82) is 0 Å². The fraction of sp³-hybridized carbons (Fsp3) is 0.167. The molecule has 150 valence electrons. The third-order valence-corrected chi connectivity index (χ3v) is 6.11. The van der Waals surface area contributed by atoms with Crippen molar-refractivity contribution >= 4 is 38.4 Å². The van der Waals surface area contributed by atoms with E-state index in [2.05, 4.69) is 31.0 Å². The highest BCUT2D eigenvalue weighted by molar-refractivity contribution is 7.22. The standard InChI is InChI=1S/C24H21N3O2S/c1-15-11-21-22(12-16(15)2)30-24(26-21)27(14-18-5-4-10-25-13-18)23(29)20-8-6-19(7-9-20)17(3)28/h4-13H,14H2,1-3H3. The van der Waals surface area contributed by atoms with Gasteiger partial charge in [-0.1, -0.05) is 29.5 Å². The minimum atomic E-state index is -0.165. The highest BCUT2D eigenvalue weighted by atomic mass is 32.1. The molecule has 2 aromatic heterocycles. The van der Waals surface area contributed by atoms with Gasteiger partial charge in [-0.3, -0.25) is 19.5 Å². The van der Waals surface area contributed by atoms with E-state index in [-0.39, 0.29) is 11.7 Å². The largest absolute Gasteiger partial charge is 0.295 e. The smallest absolute Gasteiger partial charge is 0.260 e. The van der Waals surface area contributed by atoms with Gasteiger partial charge in [0.25, 0.3) is 5.91 Å². The summed E-state index contributed by atoms with van der Waals surface area (Å²) in [6.07, 6.45) is 3.46. The number of hydrogen-bond acceptors (Lipinski definition) is 5. The number of benzene rings is 2. The van der Waals surface area contributed by atoms with E-state index in [1.165, 1.54) is 29.4 Å². The molecule has 2 aromatic carbocycles. The molecule has 30 heavy (non-hydrogen) atoms. The van der Waals surface area contributed by atoms with Crippen LogP contribution in [0.15, 0.2) is 60.9 Å². The van der Waals surface area contributed by atoms with Crippen LogP contribution in [0, 0.1) is 13.8 Å². The van der Waals surface area contributed by atoms with Gasteiger partial charge in [0.15, 0.2) is 10.9 Å². The molecular weight excluding hydrogens is 394 g/mol. The molecule has 0 N–H and O–H groups in total. The molecule has 5 nitrogen and oxygen atoms in total. The molecule has 0 spiro atoms. The quantitative estimate of drug-likeness (QED) is 0.412. The SMILES string of the molecule is CC(=O)c1ccc(C(=O)N(Cc2cccnc2)c2nc3cc(C)c(C)cc3s2)cc1. The Morgan fingerprint density at radius 1 is 1.00 bits per heavy atom. The summed E-state index contributed by atoms with van der Waals surface area (Å²) >= 11 is 1.50. The molecule has 0 saturated heterocycles. The first-order valence-corrected chi connectivity index (χ1v) is 10.4. The molecule has 0 aliphatic rings. The molecule has 2 heterocycles. The van der Waals surface area contributed by atoms with E-state index in [1.54, 1.807) is 41.6 Å². The number of Topliss-reactive ketones (excluding diaryl/α,β-unsaturated/α-hetero) is 1. The number of fused-ring (bicyclic) bond motifs is 1. The van der Waals surface area contributed by atoms with Crippen LogP contribution < -0.4 is 4.90 Å². The van der Waals surface area contributed by atoms with E-state index < -0.39 is 0 Å². The normalized spacial score (nSPS) is 10.9. The molecule has 4 aromatic rings. The van der Waals surface area contributed by atoms with Crippen molar-refractivity contribution in [1.82, 2.24) is 9.97 Å². The summed E-state index contributed by atoms with van der Waals surface area (Å²) in [7, 11) is 0. The van der Waals surface area contributed by atoms with Crippen molar-refractivity contribution in [2.45, 2.75) is 27.3 Å². The van der Waals surface area contributed by atoms with Crippen LogP contribution >= 0.6 is 11.3 Å². The number of anilines is 1. The Bertz CT molecular complexity index is 1190. The topological polar surface area (TPSA) is 63.2 Å². The summed E-state index contributed by atoms with van der Waals surface area (Å²) in [5.74, 6) is -0.195. The molecule has 0 aliphatic heterocycles. The zero-order chi connectivity index (χ0) is 21.3. The number of aromatic nitrogens is 2. The van der Waals surface area contributed by atoms with Gasteiger partial charge in [0.05, 0.1) is 16.8 Å². The zero-order valence-corrected chi connectivity index (χ0v) is 17.9. The molecule has 0 unspecified atom stereocenters. The highest BCUT2D eigenvalue weighted by Crippen LogP contribution is 2.32. The second kappa shape index (κ2) is 8.16. The van der Waals surface area contributed by atoms with Crippen LogP contribution in [0.25, 0.3) is 10.2 Å². The van der Waals surface area contributed by atoms with E-state index in [0.29, 0.717) is 22.8 Å². The fourth-order valence-corrected chi connectivity index (χ4v) is 4.23. The van der Waals surface area contributed by atoms with Crippen molar-refractivity contribution in [2.24, 2.45) is 0 Å². The average Bonchev–Trinajstić information content (AvgIpc) is 3.15. The summed E-state index contributed by atoms with van der Waals surface area (Å²) < 4.78 is 1.05. The maximum Gasteiger partial charge on any atom is 0.260 e. The van der Waals surface area contributed by atoms with Crippen LogP contribution in [0.4, 0.5) is 5.13 Å². The lowest BCUT2D eigenvalue weighted by atomic mass is 10.1. The third-order valence-electron chi connectivity index (χ3n) is 5.07. The van der Waals surface area contributed by atoms with Crippen molar-refractivity contribution < 1.29 is 9.59 Å². The number of ketones is 1.